The molecule has 7 heteroatoms. The summed E-state index contributed by atoms with van der Waals surface area (Å²) in [5, 5.41) is 9.14. The molecule has 1 aromatic carbocycles. The zero-order chi connectivity index (χ0) is 19.1. The smallest absolute Gasteiger partial charge is 0.248 e. The van der Waals surface area contributed by atoms with Gasteiger partial charge in [-0.2, -0.15) is 4.98 Å². The number of rotatable bonds is 7. The van der Waals surface area contributed by atoms with Crippen molar-refractivity contribution in [2.24, 2.45) is 0 Å². The van der Waals surface area contributed by atoms with Crippen molar-refractivity contribution < 1.29 is 9.21 Å². The Morgan fingerprint density at radius 2 is 1.93 bits per heavy atom. The lowest BCUT2D eigenvalue weighted by Gasteiger charge is -2.10. The van der Waals surface area contributed by atoms with E-state index in [4.69, 9.17) is 4.42 Å². The van der Waals surface area contributed by atoms with Crippen LogP contribution in [0.3, 0.4) is 0 Å². The number of amides is 1. The fourth-order valence-corrected chi connectivity index (χ4v) is 2.38. The van der Waals surface area contributed by atoms with Gasteiger partial charge in [-0.1, -0.05) is 0 Å². The van der Waals surface area contributed by atoms with Gasteiger partial charge in [-0.05, 0) is 56.3 Å². The number of carbonyl (C=O) groups excluding carboxylic acids is 1. The summed E-state index contributed by atoms with van der Waals surface area (Å²) >= 11 is 0. The third kappa shape index (κ3) is 5.43. The number of aromatic nitrogens is 2. The maximum absolute atomic E-state index is 11.9. The zero-order valence-corrected chi connectivity index (χ0v) is 15.2. The van der Waals surface area contributed by atoms with E-state index in [2.05, 4.69) is 25.9 Å². The fraction of sp³-hybridized carbons (Fsp3) is 0.150. The second kappa shape index (κ2) is 8.66. The molecule has 3 N–H and O–H groups in total. The first-order chi connectivity index (χ1) is 13.1. The third-order valence-electron chi connectivity index (χ3n) is 3.56. The molecule has 2 aromatic heterocycles. The first-order valence-corrected chi connectivity index (χ1v) is 8.61. The van der Waals surface area contributed by atoms with E-state index in [0.29, 0.717) is 23.2 Å². The molecule has 0 spiro atoms. The van der Waals surface area contributed by atoms with Gasteiger partial charge in [0.25, 0.3) is 0 Å². The Hall–Kier alpha value is -3.61. The van der Waals surface area contributed by atoms with Crippen LogP contribution in [0.15, 0.2) is 59.2 Å². The van der Waals surface area contributed by atoms with Crippen molar-refractivity contribution in [1.82, 2.24) is 9.97 Å². The van der Waals surface area contributed by atoms with E-state index in [0.717, 1.165) is 17.9 Å². The summed E-state index contributed by atoms with van der Waals surface area (Å²) in [5.74, 6) is 1.69. The van der Waals surface area contributed by atoms with Crippen LogP contribution in [0, 0.1) is 6.92 Å². The van der Waals surface area contributed by atoms with Crippen LogP contribution in [0.1, 0.15) is 18.4 Å². The Morgan fingerprint density at radius 1 is 1.15 bits per heavy atom. The second-order valence-electron chi connectivity index (χ2n) is 5.79. The molecule has 7 nitrogen and oxygen atoms in total. The van der Waals surface area contributed by atoms with E-state index in [1.165, 1.54) is 6.08 Å². The summed E-state index contributed by atoms with van der Waals surface area (Å²) in [6.45, 7) is 4.67. The van der Waals surface area contributed by atoms with Gasteiger partial charge < -0.3 is 20.4 Å². The highest BCUT2D eigenvalue weighted by Gasteiger charge is 2.03. The van der Waals surface area contributed by atoms with E-state index < -0.39 is 0 Å². The number of hydrogen-bond acceptors (Lipinski definition) is 6. The molecule has 2 heterocycles. The van der Waals surface area contributed by atoms with Gasteiger partial charge in [0.2, 0.25) is 11.9 Å². The van der Waals surface area contributed by atoms with Crippen LogP contribution in [-0.4, -0.2) is 22.4 Å². The van der Waals surface area contributed by atoms with Crippen molar-refractivity contribution in [1.29, 1.82) is 0 Å². The Kier molecular flexibility index (Phi) is 5.84. The molecule has 3 aromatic rings. The number of furan rings is 1. The van der Waals surface area contributed by atoms with Crippen molar-refractivity contribution >= 4 is 35.1 Å². The van der Waals surface area contributed by atoms with Crippen molar-refractivity contribution in [3.05, 3.63) is 66.3 Å². The number of nitrogens with one attached hydrogen (secondary N) is 3. The van der Waals surface area contributed by atoms with Gasteiger partial charge in [-0.25, -0.2) is 4.98 Å². The van der Waals surface area contributed by atoms with Crippen LogP contribution in [-0.2, 0) is 4.79 Å². The first kappa shape index (κ1) is 18.2. The fourth-order valence-electron chi connectivity index (χ4n) is 2.38. The predicted molar refractivity (Wildman–Crippen MR) is 107 cm³/mol. The maximum atomic E-state index is 11.9. The Bertz CT molecular complexity index is 918. The van der Waals surface area contributed by atoms with Gasteiger partial charge in [0, 0.05) is 35.8 Å². The third-order valence-corrected chi connectivity index (χ3v) is 3.56. The van der Waals surface area contributed by atoms with Crippen LogP contribution in [0.5, 0.6) is 0 Å². The standard InChI is InChI=1S/C20H21N5O2/c1-3-21-20-22-14(2)13-18(25-20)23-15-6-8-16(9-7-15)24-19(26)11-10-17-5-4-12-27-17/h4-13H,3H2,1-2H3,(H,24,26)(H2,21,22,23,25)/b11-10+. The van der Waals surface area contributed by atoms with Crippen LogP contribution < -0.4 is 16.0 Å². The highest BCUT2D eigenvalue weighted by atomic mass is 16.3. The average molecular weight is 363 g/mol. The molecule has 0 saturated heterocycles. The minimum Gasteiger partial charge on any atom is -0.465 e. The minimum atomic E-state index is -0.228. The van der Waals surface area contributed by atoms with E-state index in [1.807, 2.05) is 44.2 Å². The van der Waals surface area contributed by atoms with E-state index in [-0.39, 0.29) is 5.91 Å². The van der Waals surface area contributed by atoms with Crippen LogP contribution in [0.2, 0.25) is 0 Å². The molecule has 0 atom stereocenters. The maximum Gasteiger partial charge on any atom is 0.248 e. The molecule has 0 saturated carbocycles. The lowest BCUT2D eigenvalue weighted by molar-refractivity contribution is -0.111. The molecule has 27 heavy (non-hydrogen) atoms. The lowest BCUT2D eigenvalue weighted by atomic mass is 10.2. The van der Waals surface area contributed by atoms with Crippen LogP contribution in [0.4, 0.5) is 23.1 Å². The summed E-state index contributed by atoms with van der Waals surface area (Å²) in [5.41, 5.74) is 2.43. The molecular weight excluding hydrogens is 342 g/mol. The summed E-state index contributed by atoms with van der Waals surface area (Å²) in [6, 6.07) is 12.8. The van der Waals surface area contributed by atoms with Gasteiger partial charge in [0.15, 0.2) is 0 Å². The molecule has 0 aliphatic carbocycles. The number of anilines is 4. The molecule has 0 aliphatic heterocycles. The van der Waals surface area contributed by atoms with Crippen molar-refractivity contribution in [3.63, 3.8) is 0 Å². The largest absolute Gasteiger partial charge is 0.465 e. The van der Waals surface area contributed by atoms with Gasteiger partial charge in [-0.3, -0.25) is 4.79 Å². The average Bonchev–Trinajstić information content (AvgIpc) is 3.15. The van der Waals surface area contributed by atoms with Gasteiger partial charge in [0.05, 0.1) is 6.26 Å². The van der Waals surface area contributed by atoms with E-state index in [9.17, 15) is 4.79 Å². The first-order valence-electron chi connectivity index (χ1n) is 8.61. The minimum absolute atomic E-state index is 0.228. The van der Waals surface area contributed by atoms with Crippen molar-refractivity contribution in [2.75, 3.05) is 22.5 Å². The topological polar surface area (TPSA) is 92.1 Å². The molecular formula is C20H21N5O2. The Morgan fingerprint density at radius 3 is 2.63 bits per heavy atom. The predicted octanol–water partition coefficient (Wildman–Crippen LogP) is 4.21. The molecule has 0 bridgehead atoms. The van der Waals surface area contributed by atoms with Gasteiger partial charge in [0.1, 0.15) is 11.6 Å². The summed E-state index contributed by atoms with van der Waals surface area (Å²) in [7, 11) is 0. The zero-order valence-electron chi connectivity index (χ0n) is 15.2. The van der Waals surface area contributed by atoms with Crippen LogP contribution in [0.25, 0.3) is 6.08 Å². The molecule has 0 fully saturated rings. The monoisotopic (exact) mass is 363 g/mol. The molecule has 138 valence electrons. The van der Waals surface area contributed by atoms with E-state index in [1.54, 1.807) is 24.5 Å². The molecule has 3 rings (SSSR count). The molecule has 0 radical (unpaired) electrons. The number of benzene rings is 1. The van der Waals surface area contributed by atoms with Crippen molar-refractivity contribution in [2.45, 2.75) is 13.8 Å². The molecule has 0 unspecified atom stereocenters. The quantitative estimate of drug-likeness (QED) is 0.545. The highest BCUT2D eigenvalue weighted by Crippen LogP contribution is 2.19. The number of nitrogens with zero attached hydrogens (tertiary/aromatic N) is 2. The number of carbonyl (C=O) groups is 1. The second-order valence-corrected chi connectivity index (χ2v) is 5.79. The summed E-state index contributed by atoms with van der Waals surface area (Å²) in [4.78, 5) is 20.7. The molecule has 0 aliphatic rings. The van der Waals surface area contributed by atoms with Gasteiger partial charge in [-0.15, -0.1) is 0 Å². The van der Waals surface area contributed by atoms with Gasteiger partial charge >= 0.3 is 0 Å². The summed E-state index contributed by atoms with van der Waals surface area (Å²) < 4.78 is 5.15. The van der Waals surface area contributed by atoms with E-state index >= 15 is 0 Å². The summed E-state index contributed by atoms with van der Waals surface area (Å²) in [6.07, 6.45) is 4.60. The molecule has 1 amide bonds. The SMILES string of the molecule is CCNc1nc(C)cc(Nc2ccc(NC(=O)/C=C/c3ccco3)cc2)n1. The highest BCUT2D eigenvalue weighted by molar-refractivity contribution is 6.01. The Balaban J connectivity index is 1.61. The van der Waals surface area contributed by atoms with Crippen LogP contribution >= 0.6 is 0 Å². The normalized spacial score (nSPS) is 10.7. The number of hydrogen-bond donors (Lipinski definition) is 3. The Labute approximate surface area is 157 Å². The number of aryl methyl sites for hydroxylation is 1. The van der Waals surface area contributed by atoms with Crippen molar-refractivity contribution in [3.8, 4) is 0 Å². The lowest BCUT2D eigenvalue weighted by Crippen LogP contribution is -2.07.